The predicted octanol–water partition coefficient (Wildman–Crippen LogP) is 0.285. The van der Waals surface area contributed by atoms with Gasteiger partial charge in [0.25, 0.3) is 0 Å². The topological polar surface area (TPSA) is 95.5 Å². The van der Waals surface area contributed by atoms with Crippen molar-refractivity contribution in [2.75, 3.05) is 13.2 Å². The summed E-state index contributed by atoms with van der Waals surface area (Å²) in [6.45, 7) is 1.96. The minimum atomic E-state index is -4.66. The van der Waals surface area contributed by atoms with Crippen LogP contribution in [0.1, 0.15) is 84.0 Å². The van der Waals surface area contributed by atoms with Gasteiger partial charge >= 0.3 is 51.4 Å². The van der Waals surface area contributed by atoms with E-state index in [1.54, 1.807) is 0 Å². The monoisotopic (exact) mass is 389 g/mol. The molecule has 1 N–H and O–H groups in total. The van der Waals surface area contributed by atoms with Gasteiger partial charge in [0.05, 0.1) is 6.61 Å². The van der Waals surface area contributed by atoms with Gasteiger partial charge in [0.15, 0.2) is 0 Å². The first-order chi connectivity index (χ1) is 11.0. The molecule has 1 amide bonds. The van der Waals surface area contributed by atoms with Crippen molar-refractivity contribution in [3.63, 3.8) is 0 Å². The second-order valence-electron chi connectivity index (χ2n) is 5.87. The van der Waals surface area contributed by atoms with E-state index in [0.717, 1.165) is 19.3 Å². The van der Waals surface area contributed by atoms with E-state index >= 15 is 0 Å². The van der Waals surface area contributed by atoms with E-state index in [1.807, 2.05) is 0 Å². The van der Waals surface area contributed by atoms with Crippen molar-refractivity contribution in [3.8, 4) is 0 Å². The molecule has 138 valence electrons. The summed E-state index contributed by atoms with van der Waals surface area (Å²) in [6.07, 6.45) is 14.0. The van der Waals surface area contributed by atoms with Crippen molar-refractivity contribution in [1.82, 2.24) is 5.32 Å². The first-order valence-electron chi connectivity index (χ1n) is 8.82. The SMILES string of the molecule is CCCCCCCCCCCCCC(=O)NCCOS(=O)(=O)[O-].[K+]. The summed E-state index contributed by atoms with van der Waals surface area (Å²) in [5, 5.41) is 2.52. The van der Waals surface area contributed by atoms with E-state index in [2.05, 4.69) is 16.4 Å². The van der Waals surface area contributed by atoms with Gasteiger partial charge in [-0.25, -0.2) is 8.42 Å². The van der Waals surface area contributed by atoms with Gasteiger partial charge in [0.2, 0.25) is 16.3 Å². The van der Waals surface area contributed by atoms with Crippen molar-refractivity contribution >= 4 is 16.3 Å². The van der Waals surface area contributed by atoms with Crippen molar-refractivity contribution in [1.29, 1.82) is 0 Å². The minimum absolute atomic E-state index is 0. The molecular formula is C16H32KNO5S. The molecule has 0 aliphatic carbocycles. The van der Waals surface area contributed by atoms with Crippen LogP contribution >= 0.6 is 0 Å². The Morgan fingerprint density at radius 1 is 0.917 bits per heavy atom. The summed E-state index contributed by atoms with van der Waals surface area (Å²) >= 11 is 0. The summed E-state index contributed by atoms with van der Waals surface area (Å²) in [5.74, 6) is -0.132. The van der Waals surface area contributed by atoms with Crippen LogP contribution in [0.15, 0.2) is 0 Å². The fourth-order valence-corrected chi connectivity index (χ4v) is 2.66. The summed E-state index contributed by atoms with van der Waals surface area (Å²) in [5.41, 5.74) is 0. The van der Waals surface area contributed by atoms with Crippen molar-refractivity contribution in [2.45, 2.75) is 84.0 Å². The van der Waals surface area contributed by atoms with Crippen LogP contribution in [0.3, 0.4) is 0 Å². The Kier molecular flexibility index (Phi) is 21.3. The van der Waals surface area contributed by atoms with Crippen molar-refractivity contribution in [3.05, 3.63) is 0 Å². The maximum Gasteiger partial charge on any atom is 1.00 e. The number of carbonyl (C=O) groups excluding carboxylic acids is 1. The van der Waals surface area contributed by atoms with Gasteiger partial charge in [0, 0.05) is 13.0 Å². The standard InChI is InChI=1S/C16H33NO5S.K/c1-2-3-4-5-6-7-8-9-10-11-12-13-16(18)17-14-15-22-23(19,20)21;/h2-15H2,1H3,(H,17,18)(H,19,20,21);/q;+1/p-1. The molecule has 0 aliphatic rings. The third kappa shape index (κ3) is 23.0. The molecule has 0 bridgehead atoms. The van der Waals surface area contributed by atoms with E-state index in [0.29, 0.717) is 6.42 Å². The van der Waals surface area contributed by atoms with Gasteiger partial charge in [0.1, 0.15) is 0 Å². The molecule has 0 fully saturated rings. The van der Waals surface area contributed by atoms with Gasteiger partial charge in [-0.05, 0) is 6.42 Å². The first kappa shape index (κ1) is 27.2. The molecule has 0 rings (SSSR count). The Morgan fingerprint density at radius 3 is 1.83 bits per heavy atom. The summed E-state index contributed by atoms with van der Waals surface area (Å²) < 4.78 is 34.5. The third-order valence-electron chi connectivity index (χ3n) is 3.66. The van der Waals surface area contributed by atoms with Gasteiger partial charge < -0.3 is 9.87 Å². The van der Waals surface area contributed by atoms with Crippen molar-refractivity contribution < 1.29 is 73.3 Å². The number of rotatable bonds is 16. The predicted molar refractivity (Wildman–Crippen MR) is 89.7 cm³/mol. The quantitative estimate of drug-likeness (QED) is 0.177. The number of nitrogens with one attached hydrogen (secondary N) is 1. The van der Waals surface area contributed by atoms with Gasteiger partial charge in [-0.3, -0.25) is 8.98 Å². The van der Waals surface area contributed by atoms with E-state index < -0.39 is 10.4 Å². The summed E-state index contributed by atoms with van der Waals surface area (Å²) in [6, 6.07) is 0. The van der Waals surface area contributed by atoms with Gasteiger partial charge in [-0.15, -0.1) is 0 Å². The molecule has 0 aromatic heterocycles. The van der Waals surface area contributed by atoms with Crippen LogP contribution in [0.2, 0.25) is 0 Å². The molecule has 8 heteroatoms. The summed E-state index contributed by atoms with van der Waals surface area (Å²) in [7, 11) is -4.66. The largest absolute Gasteiger partial charge is 1.00 e. The fraction of sp³-hybridized carbons (Fsp3) is 0.938. The Morgan fingerprint density at radius 2 is 1.38 bits per heavy atom. The Hall–Kier alpha value is 0.976. The smallest absolute Gasteiger partial charge is 0.726 e. The molecule has 0 saturated carbocycles. The van der Waals surface area contributed by atoms with Crippen molar-refractivity contribution in [2.24, 2.45) is 0 Å². The van der Waals surface area contributed by atoms with Crippen LogP contribution in [-0.2, 0) is 19.4 Å². The molecule has 0 heterocycles. The van der Waals surface area contributed by atoms with Crippen LogP contribution in [0.5, 0.6) is 0 Å². The molecular weight excluding hydrogens is 357 g/mol. The molecule has 0 aromatic rings. The number of amides is 1. The number of hydrogen-bond acceptors (Lipinski definition) is 5. The Bertz CT molecular complexity index is 390. The van der Waals surface area contributed by atoms with Crippen LogP contribution in [0, 0.1) is 0 Å². The van der Waals surface area contributed by atoms with Crippen LogP contribution < -0.4 is 56.7 Å². The average molecular weight is 390 g/mol. The third-order valence-corrected chi connectivity index (χ3v) is 4.11. The van der Waals surface area contributed by atoms with Gasteiger partial charge in [-0.2, -0.15) is 0 Å². The first-order valence-corrected chi connectivity index (χ1v) is 10.2. The van der Waals surface area contributed by atoms with E-state index in [1.165, 1.54) is 51.4 Å². The molecule has 24 heavy (non-hydrogen) atoms. The minimum Gasteiger partial charge on any atom is -0.726 e. The Balaban J connectivity index is 0. The Labute approximate surface area is 190 Å². The number of carbonyl (C=O) groups is 1. The normalized spacial score (nSPS) is 11.1. The van der Waals surface area contributed by atoms with Crippen LogP contribution in [0.4, 0.5) is 0 Å². The maximum atomic E-state index is 11.4. The zero-order valence-electron chi connectivity index (χ0n) is 15.3. The average Bonchev–Trinajstić information content (AvgIpc) is 2.48. The summed E-state index contributed by atoms with van der Waals surface area (Å²) in [4.78, 5) is 11.4. The van der Waals surface area contributed by atoms with E-state index in [-0.39, 0.29) is 70.4 Å². The maximum absolute atomic E-state index is 11.4. The second-order valence-corrected chi connectivity index (χ2v) is 6.92. The molecule has 0 radical (unpaired) electrons. The molecule has 0 aliphatic heterocycles. The van der Waals surface area contributed by atoms with E-state index in [4.69, 9.17) is 0 Å². The van der Waals surface area contributed by atoms with Crippen LogP contribution in [-0.4, -0.2) is 32.0 Å². The second kappa shape index (κ2) is 18.8. The zero-order valence-corrected chi connectivity index (χ0v) is 19.3. The fourth-order valence-electron chi connectivity index (χ4n) is 2.37. The number of hydrogen-bond donors (Lipinski definition) is 1. The van der Waals surface area contributed by atoms with E-state index in [9.17, 15) is 17.8 Å². The molecule has 0 spiro atoms. The zero-order chi connectivity index (χ0) is 17.4. The van der Waals surface area contributed by atoms with Crippen LogP contribution in [0.25, 0.3) is 0 Å². The molecule has 0 atom stereocenters. The molecule has 0 aromatic carbocycles. The molecule has 6 nitrogen and oxygen atoms in total. The number of unbranched alkanes of at least 4 members (excludes halogenated alkanes) is 10. The van der Waals surface area contributed by atoms with Gasteiger partial charge in [-0.1, -0.05) is 71.1 Å². The molecule has 0 unspecified atom stereocenters. The molecule has 0 saturated heterocycles.